The number of rotatable bonds is 8. The topological polar surface area (TPSA) is 92.8 Å². The number of aromatic nitrogens is 1. The molecule has 0 saturated carbocycles. The molecule has 0 radical (unpaired) electrons. The summed E-state index contributed by atoms with van der Waals surface area (Å²) in [6.45, 7) is 10.6. The quantitative estimate of drug-likeness (QED) is 0.501. The summed E-state index contributed by atoms with van der Waals surface area (Å²) in [4.78, 5) is 36.1. The average Bonchev–Trinajstić information content (AvgIpc) is 3.34. The number of benzene rings is 1. The van der Waals surface area contributed by atoms with E-state index in [0.29, 0.717) is 17.9 Å². The Balaban J connectivity index is 1.17. The molecule has 5 rings (SSSR count). The van der Waals surface area contributed by atoms with Crippen molar-refractivity contribution in [2.24, 2.45) is 0 Å². The molecule has 198 valence electrons. The second-order valence-electron chi connectivity index (χ2n) is 10.4. The monoisotopic (exact) mass is 505 g/mol. The highest BCUT2D eigenvalue weighted by Crippen LogP contribution is 2.23. The lowest BCUT2D eigenvalue weighted by Crippen LogP contribution is -2.55. The van der Waals surface area contributed by atoms with Gasteiger partial charge in [0.15, 0.2) is 0 Å². The number of hydrogen-bond donors (Lipinski definition) is 3. The molecule has 3 aliphatic rings. The smallest absolute Gasteiger partial charge is 0.251 e. The molecule has 1 unspecified atom stereocenters. The van der Waals surface area contributed by atoms with Crippen LogP contribution in [-0.2, 0) is 17.9 Å². The van der Waals surface area contributed by atoms with E-state index in [-0.39, 0.29) is 23.9 Å². The van der Waals surface area contributed by atoms with Crippen LogP contribution in [0.2, 0.25) is 0 Å². The molecule has 4 heterocycles. The number of anilines is 1. The fourth-order valence-electron chi connectivity index (χ4n) is 5.70. The minimum Gasteiger partial charge on any atom is -0.367 e. The largest absolute Gasteiger partial charge is 0.367 e. The standard InChI is InChI=1S/C28H39N7O2/c1-21(36)34-12-7-25(8-13-34)32-27-16-22(6-9-30-27)28(37)31-17-26(35-14-10-29-11-15-35)20-33-18-23-4-2-3-5-24(23)19-33/h2-6,9,16,25-26,29H,7-8,10-15,17-20H2,1H3,(H,30,32)(H,31,37). The zero-order valence-corrected chi connectivity index (χ0v) is 21.8. The van der Waals surface area contributed by atoms with Crippen LogP contribution in [0.1, 0.15) is 41.3 Å². The molecule has 2 saturated heterocycles. The lowest BCUT2D eigenvalue weighted by molar-refractivity contribution is -0.129. The number of nitrogens with one attached hydrogen (secondary N) is 3. The number of piperidine rings is 1. The average molecular weight is 506 g/mol. The Kier molecular flexibility index (Phi) is 8.33. The minimum absolute atomic E-state index is 0.0679. The van der Waals surface area contributed by atoms with Crippen molar-refractivity contribution in [1.29, 1.82) is 0 Å². The van der Waals surface area contributed by atoms with Crippen molar-refractivity contribution in [3.8, 4) is 0 Å². The van der Waals surface area contributed by atoms with Crippen LogP contribution < -0.4 is 16.0 Å². The van der Waals surface area contributed by atoms with Gasteiger partial charge in [-0.2, -0.15) is 0 Å². The maximum atomic E-state index is 13.2. The van der Waals surface area contributed by atoms with E-state index in [0.717, 1.165) is 71.7 Å². The summed E-state index contributed by atoms with van der Waals surface area (Å²) in [5.41, 5.74) is 3.44. The Morgan fingerprint density at radius 2 is 1.76 bits per heavy atom. The van der Waals surface area contributed by atoms with Crippen LogP contribution in [0, 0.1) is 0 Å². The number of pyridine rings is 1. The van der Waals surface area contributed by atoms with Crippen LogP contribution in [0.4, 0.5) is 5.82 Å². The van der Waals surface area contributed by atoms with Crippen LogP contribution in [0.5, 0.6) is 0 Å². The molecule has 1 aromatic heterocycles. The lowest BCUT2D eigenvalue weighted by Gasteiger charge is -2.37. The molecular formula is C28H39N7O2. The number of amides is 2. The normalized spacial score (nSPS) is 19.9. The van der Waals surface area contributed by atoms with Crippen LogP contribution in [0.15, 0.2) is 42.6 Å². The highest BCUT2D eigenvalue weighted by atomic mass is 16.2. The van der Waals surface area contributed by atoms with Crippen molar-refractivity contribution in [1.82, 2.24) is 30.3 Å². The summed E-state index contributed by atoms with van der Waals surface area (Å²) < 4.78 is 0. The number of carbonyl (C=O) groups is 2. The molecule has 9 nitrogen and oxygen atoms in total. The summed E-state index contributed by atoms with van der Waals surface area (Å²) in [5, 5.41) is 10.1. The van der Waals surface area contributed by atoms with Crippen molar-refractivity contribution in [3.05, 3.63) is 59.3 Å². The van der Waals surface area contributed by atoms with E-state index in [1.807, 2.05) is 11.0 Å². The van der Waals surface area contributed by atoms with Crippen molar-refractivity contribution in [3.63, 3.8) is 0 Å². The Morgan fingerprint density at radius 3 is 2.43 bits per heavy atom. The third-order valence-corrected chi connectivity index (χ3v) is 7.86. The SMILES string of the molecule is CC(=O)N1CCC(Nc2cc(C(=O)NCC(CN3Cc4ccccc4C3)N3CCNCC3)ccn2)CC1. The Morgan fingerprint density at radius 1 is 1.05 bits per heavy atom. The van der Waals surface area contributed by atoms with Gasteiger partial charge in [0.05, 0.1) is 0 Å². The molecule has 37 heavy (non-hydrogen) atoms. The predicted molar refractivity (Wildman–Crippen MR) is 144 cm³/mol. The molecule has 2 aromatic rings. The number of nitrogens with zero attached hydrogens (tertiary/aromatic N) is 4. The molecular weight excluding hydrogens is 466 g/mol. The van der Waals surface area contributed by atoms with Crippen LogP contribution in [0.3, 0.4) is 0 Å². The molecule has 3 N–H and O–H groups in total. The number of likely N-dealkylation sites (tertiary alicyclic amines) is 1. The van der Waals surface area contributed by atoms with E-state index in [2.05, 4.69) is 55.0 Å². The van der Waals surface area contributed by atoms with Gasteiger partial charge in [0.25, 0.3) is 5.91 Å². The maximum Gasteiger partial charge on any atom is 0.251 e. The summed E-state index contributed by atoms with van der Waals surface area (Å²) in [6, 6.07) is 12.8. The first-order valence-corrected chi connectivity index (χ1v) is 13.6. The second kappa shape index (κ2) is 12.0. The van der Waals surface area contributed by atoms with E-state index in [1.165, 1.54) is 11.1 Å². The van der Waals surface area contributed by atoms with E-state index >= 15 is 0 Å². The molecule has 0 bridgehead atoms. The minimum atomic E-state index is -0.0679. The van der Waals surface area contributed by atoms with Gasteiger partial charge in [-0.1, -0.05) is 24.3 Å². The van der Waals surface area contributed by atoms with Crippen molar-refractivity contribution >= 4 is 17.6 Å². The summed E-state index contributed by atoms with van der Waals surface area (Å²) >= 11 is 0. The van der Waals surface area contributed by atoms with Crippen LogP contribution in [0.25, 0.3) is 0 Å². The molecule has 2 amide bonds. The fraction of sp³-hybridized carbons (Fsp3) is 0.536. The van der Waals surface area contributed by atoms with Gasteiger partial charge >= 0.3 is 0 Å². The zero-order valence-electron chi connectivity index (χ0n) is 21.8. The first kappa shape index (κ1) is 25.6. The first-order chi connectivity index (χ1) is 18.0. The number of piperazine rings is 1. The number of carbonyl (C=O) groups excluding carboxylic acids is 2. The van der Waals surface area contributed by atoms with E-state index < -0.39 is 0 Å². The van der Waals surface area contributed by atoms with Crippen molar-refractivity contribution in [2.45, 2.75) is 44.9 Å². The second-order valence-corrected chi connectivity index (χ2v) is 10.4. The van der Waals surface area contributed by atoms with Gasteiger partial charge in [-0.15, -0.1) is 0 Å². The molecule has 1 aromatic carbocycles. The fourth-order valence-corrected chi connectivity index (χ4v) is 5.70. The molecule has 1 atom stereocenters. The Bertz CT molecular complexity index is 1050. The number of fused-ring (bicyclic) bond motifs is 1. The van der Waals surface area contributed by atoms with Crippen molar-refractivity contribution < 1.29 is 9.59 Å². The van der Waals surface area contributed by atoms with Crippen molar-refractivity contribution in [2.75, 3.05) is 57.7 Å². The van der Waals surface area contributed by atoms with E-state index in [4.69, 9.17) is 0 Å². The van der Waals surface area contributed by atoms with Gasteiger partial charge in [-0.25, -0.2) is 4.98 Å². The highest BCUT2D eigenvalue weighted by Gasteiger charge is 2.27. The van der Waals surface area contributed by atoms with Gasteiger partial charge in [0.2, 0.25) is 5.91 Å². The Hall–Kier alpha value is -3.01. The predicted octanol–water partition coefficient (Wildman–Crippen LogP) is 1.52. The van der Waals surface area contributed by atoms with E-state index in [1.54, 1.807) is 19.2 Å². The molecule has 0 spiro atoms. The van der Waals surface area contributed by atoms with Crippen LogP contribution in [-0.4, -0.2) is 95.9 Å². The molecule has 3 aliphatic heterocycles. The van der Waals surface area contributed by atoms with Gasteiger partial charge in [-0.3, -0.25) is 19.4 Å². The summed E-state index contributed by atoms with van der Waals surface area (Å²) in [6.07, 6.45) is 3.45. The van der Waals surface area contributed by atoms with Gasteiger partial charge < -0.3 is 20.9 Å². The number of hydrogen-bond acceptors (Lipinski definition) is 7. The summed E-state index contributed by atoms with van der Waals surface area (Å²) in [7, 11) is 0. The lowest BCUT2D eigenvalue weighted by atomic mass is 10.0. The maximum absolute atomic E-state index is 13.2. The third kappa shape index (κ3) is 6.66. The molecule has 9 heteroatoms. The van der Waals surface area contributed by atoms with Gasteiger partial charge in [-0.05, 0) is 36.1 Å². The first-order valence-electron chi connectivity index (χ1n) is 13.6. The van der Waals surface area contributed by atoms with Crippen LogP contribution >= 0.6 is 0 Å². The zero-order chi connectivity index (χ0) is 25.6. The highest BCUT2D eigenvalue weighted by molar-refractivity contribution is 5.94. The van der Waals surface area contributed by atoms with E-state index in [9.17, 15) is 9.59 Å². The molecule has 2 fully saturated rings. The Labute approximate surface area is 219 Å². The third-order valence-electron chi connectivity index (χ3n) is 7.86. The molecule has 0 aliphatic carbocycles. The summed E-state index contributed by atoms with van der Waals surface area (Å²) in [5.74, 6) is 0.771. The van der Waals surface area contributed by atoms with Gasteiger partial charge in [0.1, 0.15) is 5.82 Å². The van der Waals surface area contributed by atoms with Gasteiger partial charge in [0, 0.05) is 96.2 Å².